The molecule has 0 aromatic heterocycles. The van der Waals surface area contributed by atoms with E-state index in [-0.39, 0.29) is 31.1 Å². The first-order valence-electron chi connectivity index (χ1n) is 35.6. The molecule has 474 valence electrons. The van der Waals surface area contributed by atoms with E-state index >= 15 is 0 Å². The molecular weight excluding hydrogens is 1010 g/mol. The lowest BCUT2D eigenvalue weighted by atomic mass is 10.0. The number of hydrogen-bond acceptors (Lipinski definition) is 6. The van der Waals surface area contributed by atoms with Crippen LogP contribution in [0.1, 0.15) is 361 Å². The summed E-state index contributed by atoms with van der Waals surface area (Å²) in [7, 11) is 0. The van der Waals surface area contributed by atoms with Gasteiger partial charge in [-0.2, -0.15) is 0 Å². The summed E-state index contributed by atoms with van der Waals surface area (Å²) in [6, 6.07) is 0. The summed E-state index contributed by atoms with van der Waals surface area (Å²) in [6.45, 7) is 6.52. The third-order valence-electron chi connectivity index (χ3n) is 15.6. The average Bonchev–Trinajstić information content (AvgIpc) is 3.47. The highest BCUT2D eigenvalue weighted by Crippen LogP contribution is 2.17. The minimum atomic E-state index is -0.784. The SMILES string of the molecule is CC/C=C\C/C=C\C/C=C\C/C=C\CCCCCCCCCCCCCCC(=O)OCC(COC(=O)CCCCCCC/C=C\C/C=C\CCCC)OC(=O)CCCCCCCCCCCCCCC/C=C\CCCCCCCCCC. The molecule has 6 heteroatoms. The molecule has 0 aliphatic carbocycles. The van der Waals surface area contributed by atoms with Crippen LogP contribution in [0.2, 0.25) is 0 Å². The van der Waals surface area contributed by atoms with Gasteiger partial charge < -0.3 is 14.2 Å². The van der Waals surface area contributed by atoms with Gasteiger partial charge in [0.1, 0.15) is 13.2 Å². The second kappa shape index (κ2) is 70.1. The molecular formula is C76H134O6. The van der Waals surface area contributed by atoms with Gasteiger partial charge in [-0.05, 0) is 109 Å². The molecule has 0 aromatic carbocycles. The molecule has 0 saturated carbocycles. The molecule has 0 aliphatic rings. The van der Waals surface area contributed by atoms with E-state index in [1.165, 1.54) is 218 Å². The zero-order valence-electron chi connectivity index (χ0n) is 54.5. The van der Waals surface area contributed by atoms with Gasteiger partial charge in [0.25, 0.3) is 0 Å². The Labute approximate surface area is 509 Å². The third kappa shape index (κ3) is 67.4. The Morgan fingerprint density at radius 2 is 0.488 bits per heavy atom. The monoisotopic (exact) mass is 1140 g/mol. The molecule has 82 heavy (non-hydrogen) atoms. The van der Waals surface area contributed by atoms with Crippen LogP contribution in [0.15, 0.2) is 85.1 Å². The molecule has 0 heterocycles. The molecule has 1 unspecified atom stereocenters. The highest BCUT2D eigenvalue weighted by molar-refractivity contribution is 5.71. The van der Waals surface area contributed by atoms with E-state index < -0.39 is 6.10 Å². The second-order valence-corrected chi connectivity index (χ2v) is 23.8. The van der Waals surface area contributed by atoms with Gasteiger partial charge in [-0.25, -0.2) is 0 Å². The first-order chi connectivity index (χ1) is 40.5. The standard InChI is InChI=1S/C76H134O6/c1-4-7-10-13-16-19-22-25-28-30-32-34-36-38-40-42-44-46-48-51-54-57-60-63-66-69-75(78)81-72-73(71-80-74(77)68-65-62-59-56-53-50-27-24-21-18-15-12-9-6-3)82-76(79)70-67-64-61-58-55-52-49-47-45-43-41-39-37-35-33-31-29-26-23-20-17-14-11-8-5-2/h7,10,15-16,18-19,24-25,27-28,31-34,73H,4-6,8-9,11-14,17,20-23,26,29-30,35-72H2,1-3H3/b10-7-,18-15-,19-16-,27-24-,28-25-,33-31-,34-32-. The van der Waals surface area contributed by atoms with Crippen LogP contribution in [0.25, 0.3) is 0 Å². The lowest BCUT2D eigenvalue weighted by molar-refractivity contribution is -0.167. The van der Waals surface area contributed by atoms with Gasteiger partial charge in [-0.15, -0.1) is 0 Å². The van der Waals surface area contributed by atoms with Gasteiger partial charge >= 0.3 is 17.9 Å². The molecule has 0 aliphatic heterocycles. The summed E-state index contributed by atoms with van der Waals surface area (Å²) in [5.74, 6) is -0.877. The van der Waals surface area contributed by atoms with Crippen molar-refractivity contribution in [1.82, 2.24) is 0 Å². The quantitative estimate of drug-likeness (QED) is 0.0261. The lowest BCUT2D eigenvalue weighted by Crippen LogP contribution is -2.30. The number of unbranched alkanes of at least 4 members (excludes halogenated alkanes) is 40. The van der Waals surface area contributed by atoms with Crippen molar-refractivity contribution in [3.05, 3.63) is 85.1 Å². The van der Waals surface area contributed by atoms with Crippen molar-refractivity contribution >= 4 is 17.9 Å². The maximum Gasteiger partial charge on any atom is 0.306 e. The molecule has 0 amide bonds. The molecule has 0 rings (SSSR count). The maximum absolute atomic E-state index is 13.0. The van der Waals surface area contributed by atoms with Crippen molar-refractivity contribution in [2.75, 3.05) is 13.2 Å². The average molecular weight is 1140 g/mol. The van der Waals surface area contributed by atoms with Gasteiger partial charge in [0.2, 0.25) is 0 Å². The van der Waals surface area contributed by atoms with Crippen LogP contribution >= 0.6 is 0 Å². The predicted octanol–water partition coefficient (Wildman–Crippen LogP) is 24.6. The van der Waals surface area contributed by atoms with Gasteiger partial charge in [-0.3, -0.25) is 14.4 Å². The van der Waals surface area contributed by atoms with Crippen molar-refractivity contribution in [3.8, 4) is 0 Å². The Morgan fingerprint density at radius 1 is 0.256 bits per heavy atom. The fourth-order valence-corrected chi connectivity index (χ4v) is 10.3. The Bertz CT molecular complexity index is 1550. The minimum absolute atomic E-state index is 0.0796. The molecule has 0 N–H and O–H groups in total. The fraction of sp³-hybridized carbons (Fsp3) is 0.776. The number of carbonyl (C=O) groups is 3. The van der Waals surface area contributed by atoms with Crippen LogP contribution in [0.4, 0.5) is 0 Å². The first-order valence-corrected chi connectivity index (χ1v) is 35.6. The minimum Gasteiger partial charge on any atom is -0.462 e. The number of allylic oxidation sites excluding steroid dienone is 14. The van der Waals surface area contributed by atoms with E-state index in [1.807, 2.05) is 0 Å². The van der Waals surface area contributed by atoms with Crippen molar-refractivity contribution < 1.29 is 28.6 Å². The van der Waals surface area contributed by atoms with E-state index in [0.717, 1.165) is 103 Å². The van der Waals surface area contributed by atoms with E-state index in [2.05, 4.69) is 106 Å². The van der Waals surface area contributed by atoms with E-state index in [4.69, 9.17) is 14.2 Å². The number of hydrogen-bond donors (Lipinski definition) is 0. The molecule has 0 aromatic rings. The normalized spacial score (nSPS) is 12.6. The Hall–Kier alpha value is -3.41. The van der Waals surface area contributed by atoms with Crippen molar-refractivity contribution in [2.45, 2.75) is 367 Å². The molecule has 0 fully saturated rings. The Kier molecular flexibility index (Phi) is 67.2. The van der Waals surface area contributed by atoms with Crippen molar-refractivity contribution in [2.24, 2.45) is 0 Å². The van der Waals surface area contributed by atoms with Crippen LogP contribution in [-0.2, 0) is 28.6 Å². The van der Waals surface area contributed by atoms with Crippen molar-refractivity contribution in [1.29, 1.82) is 0 Å². The summed E-state index contributed by atoms with van der Waals surface area (Å²) < 4.78 is 17.0. The summed E-state index contributed by atoms with van der Waals surface area (Å²) >= 11 is 0. The van der Waals surface area contributed by atoms with Crippen molar-refractivity contribution in [3.63, 3.8) is 0 Å². The smallest absolute Gasteiger partial charge is 0.306 e. The molecule has 6 nitrogen and oxygen atoms in total. The highest BCUT2D eigenvalue weighted by Gasteiger charge is 2.19. The fourth-order valence-electron chi connectivity index (χ4n) is 10.3. The largest absolute Gasteiger partial charge is 0.462 e. The first kappa shape index (κ1) is 78.6. The number of ether oxygens (including phenoxy) is 3. The lowest BCUT2D eigenvalue weighted by Gasteiger charge is -2.18. The summed E-state index contributed by atoms with van der Waals surface area (Å²) in [4.78, 5) is 38.5. The van der Waals surface area contributed by atoms with Gasteiger partial charge in [0.15, 0.2) is 6.10 Å². The van der Waals surface area contributed by atoms with Crippen LogP contribution in [0, 0.1) is 0 Å². The summed E-state index contributed by atoms with van der Waals surface area (Å²) in [5.41, 5.74) is 0. The van der Waals surface area contributed by atoms with Crippen LogP contribution in [-0.4, -0.2) is 37.2 Å². The zero-order valence-corrected chi connectivity index (χ0v) is 54.5. The third-order valence-corrected chi connectivity index (χ3v) is 15.6. The number of rotatable bonds is 65. The van der Waals surface area contributed by atoms with Crippen LogP contribution in [0.5, 0.6) is 0 Å². The zero-order chi connectivity index (χ0) is 59.2. The number of esters is 3. The van der Waals surface area contributed by atoms with Gasteiger partial charge in [0.05, 0.1) is 0 Å². The maximum atomic E-state index is 13.0. The summed E-state index contributed by atoms with van der Waals surface area (Å²) in [5, 5.41) is 0. The predicted molar refractivity (Wildman–Crippen MR) is 358 cm³/mol. The van der Waals surface area contributed by atoms with E-state index in [0.29, 0.717) is 19.3 Å². The van der Waals surface area contributed by atoms with Crippen LogP contribution < -0.4 is 0 Å². The molecule has 0 radical (unpaired) electrons. The Balaban J connectivity index is 4.29. The van der Waals surface area contributed by atoms with Gasteiger partial charge in [0, 0.05) is 19.3 Å². The Morgan fingerprint density at radius 3 is 0.793 bits per heavy atom. The van der Waals surface area contributed by atoms with Gasteiger partial charge in [-0.1, -0.05) is 318 Å². The highest BCUT2D eigenvalue weighted by atomic mass is 16.6. The molecule has 1 atom stereocenters. The number of carbonyl (C=O) groups excluding carboxylic acids is 3. The van der Waals surface area contributed by atoms with E-state index in [1.54, 1.807) is 0 Å². The topological polar surface area (TPSA) is 78.9 Å². The second-order valence-electron chi connectivity index (χ2n) is 23.8. The van der Waals surface area contributed by atoms with Crippen LogP contribution in [0.3, 0.4) is 0 Å². The molecule has 0 spiro atoms. The van der Waals surface area contributed by atoms with E-state index in [9.17, 15) is 14.4 Å². The summed E-state index contributed by atoms with van der Waals surface area (Å²) in [6.07, 6.45) is 93.2. The molecule has 0 saturated heterocycles. The molecule has 0 bridgehead atoms.